The summed E-state index contributed by atoms with van der Waals surface area (Å²) in [6.07, 6.45) is 5.65. The molecule has 0 spiro atoms. The molecule has 1 heterocycles. The van der Waals surface area contributed by atoms with Crippen molar-refractivity contribution in [3.8, 4) is 0 Å². The van der Waals surface area contributed by atoms with Gasteiger partial charge in [-0.15, -0.1) is 0 Å². The van der Waals surface area contributed by atoms with Crippen molar-refractivity contribution in [1.29, 1.82) is 0 Å². The van der Waals surface area contributed by atoms with E-state index in [1.165, 1.54) is 12.8 Å². The Morgan fingerprint density at radius 3 is 2.41 bits per heavy atom. The number of rotatable bonds is 6. The number of piperidine rings is 1. The first-order valence-electron chi connectivity index (χ1n) is 8.54. The Morgan fingerprint density at radius 1 is 1.27 bits per heavy atom. The highest BCUT2D eigenvalue weighted by atomic mass is 16.6. The molecule has 1 N–H and O–H groups in total. The van der Waals surface area contributed by atoms with E-state index in [-0.39, 0.29) is 6.09 Å². The maximum absolute atomic E-state index is 12.0. The molecule has 22 heavy (non-hydrogen) atoms. The van der Waals surface area contributed by atoms with E-state index in [4.69, 9.17) is 9.47 Å². The fourth-order valence-electron chi connectivity index (χ4n) is 2.96. The Bertz CT molecular complexity index is 367. The standard InChI is InChI=1S/C17H32N2O3/c1-16(2,3)22-15(20)19-10-5-14(6-11-19)18-13-17(7-8-17)9-12-21-4/h14,18H,5-13H2,1-4H3. The Labute approximate surface area is 134 Å². The summed E-state index contributed by atoms with van der Waals surface area (Å²) in [7, 11) is 1.77. The van der Waals surface area contributed by atoms with E-state index in [2.05, 4.69) is 5.32 Å². The van der Waals surface area contributed by atoms with Gasteiger partial charge >= 0.3 is 6.09 Å². The third-order valence-electron chi connectivity index (χ3n) is 4.71. The lowest BCUT2D eigenvalue weighted by Gasteiger charge is -2.34. The Kier molecular flexibility index (Phi) is 5.72. The van der Waals surface area contributed by atoms with Crippen LogP contribution in [0.15, 0.2) is 0 Å². The van der Waals surface area contributed by atoms with Gasteiger partial charge in [-0.2, -0.15) is 0 Å². The minimum atomic E-state index is -0.411. The molecule has 2 fully saturated rings. The molecule has 1 aliphatic heterocycles. The molecule has 0 atom stereocenters. The second kappa shape index (κ2) is 7.18. The molecule has 0 aromatic rings. The molecule has 1 aliphatic carbocycles. The van der Waals surface area contributed by atoms with Crippen molar-refractivity contribution >= 4 is 6.09 Å². The van der Waals surface area contributed by atoms with E-state index in [0.29, 0.717) is 11.5 Å². The van der Waals surface area contributed by atoms with Crippen molar-refractivity contribution in [2.24, 2.45) is 5.41 Å². The van der Waals surface area contributed by atoms with Crippen molar-refractivity contribution in [1.82, 2.24) is 10.2 Å². The summed E-state index contributed by atoms with van der Waals surface area (Å²) in [5.74, 6) is 0. The number of carbonyl (C=O) groups excluding carboxylic acids is 1. The lowest BCUT2D eigenvalue weighted by Crippen LogP contribution is -2.47. The van der Waals surface area contributed by atoms with Crippen molar-refractivity contribution in [3.05, 3.63) is 0 Å². The van der Waals surface area contributed by atoms with Gasteiger partial charge in [-0.1, -0.05) is 0 Å². The normalized spacial score (nSPS) is 21.7. The third-order valence-corrected chi connectivity index (χ3v) is 4.71. The molecule has 0 aromatic heterocycles. The van der Waals surface area contributed by atoms with Crippen molar-refractivity contribution < 1.29 is 14.3 Å². The quantitative estimate of drug-likeness (QED) is 0.819. The first kappa shape index (κ1) is 17.5. The predicted molar refractivity (Wildman–Crippen MR) is 87.0 cm³/mol. The molecule has 5 heteroatoms. The maximum Gasteiger partial charge on any atom is 0.410 e. The zero-order valence-corrected chi connectivity index (χ0v) is 14.6. The first-order chi connectivity index (χ1) is 10.3. The SMILES string of the molecule is COCCC1(CNC2CCN(C(=O)OC(C)(C)C)CC2)CC1. The summed E-state index contributed by atoms with van der Waals surface area (Å²) < 4.78 is 10.6. The van der Waals surface area contributed by atoms with Gasteiger partial charge in [0.05, 0.1) is 0 Å². The van der Waals surface area contributed by atoms with Gasteiger partial charge in [0.1, 0.15) is 5.60 Å². The number of ether oxygens (including phenoxy) is 2. The fourth-order valence-corrected chi connectivity index (χ4v) is 2.96. The second-order valence-electron chi connectivity index (χ2n) is 7.87. The van der Waals surface area contributed by atoms with E-state index < -0.39 is 5.60 Å². The summed E-state index contributed by atoms with van der Waals surface area (Å²) in [4.78, 5) is 13.9. The van der Waals surface area contributed by atoms with Gasteiger partial charge in [-0.05, 0) is 58.3 Å². The minimum Gasteiger partial charge on any atom is -0.444 e. The monoisotopic (exact) mass is 312 g/mol. The number of likely N-dealkylation sites (tertiary alicyclic amines) is 1. The van der Waals surface area contributed by atoms with Crippen LogP contribution in [0.1, 0.15) is 52.9 Å². The minimum absolute atomic E-state index is 0.176. The van der Waals surface area contributed by atoms with E-state index >= 15 is 0 Å². The number of nitrogens with zero attached hydrogens (tertiary/aromatic N) is 1. The average molecular weight is 312 g/mol. The van der Waals surface area contributed by atoms with E-state index in [1.54, 1.807) is 7.11 Å². The van der Waals surface area contributed by atoms with Crippen LogP contribution in [0.25, 0.3) is 0 Å². The summed E-state index contributed by atoms with van der Waals surface area (Å²) in [6.45, 7) is 9.26. The summed E-state index contributed by atoms with van der Waals surface area (Å²) in [5, 5.41) is 3.71. The number of carbonyl (C=O) groups is 1. The van der Waals surface area contributed by atoms with Crippen LogP contribution in [0.4, 0.5) is 4.79 Å². The molecule has 5 nitrogen and oxygen atoms in total. The highest BCUT2D eigenvalue weighted by molar-refractivity contribution is 5.68. The Balaban J connectivity index is 1.66. The van der Waals surface area contributed by atoms with Crippen molar-refractivity contribution in [2.45, 2.75) is 64.5 Å². The first-order valence-corrected chi connectivity index (χ1v) is 8.54. The molecule has 2 rings (SSSR count). The molecule has 0 unspecified atom stereocenters. The molecule has 0 aromatic carbocycles. The Morgan fingerprint density at radius 2 is 1.91 bits per heavy atom. The second-order valence-corrected chi connectivity index (χ2v) is 7.87. The predicted octanol–water partition coefficient (Wildman–Crippen LogP) is 2.79. The lowest BCUT2D eigenvalue weighted by molar-refractivity contribution is 0.0196. The molecular formula is C17H32N2O3. The average Bonchev–Trinajstić information content (AvgIpc) is 3.22. The number of hydrogen-bond donors (Lipinski definition) is 1. The molecule has 1 saturated carbocycles. The highest BCUT2D eigenvalue weighted by Crippen LogP contribution is 2.48. The van der Waals surface area contributed by atoms with Crippen LogP contribution in [-0.4, -0.2) is 56.0 Å². The molecule has 1 saturated heterocycles. The van der Waals surface area contributed by atoms with Crippen molar-refractivity contribution in [2.75, 3.05) is 33.4 Å². The van der Waals surface area contributed by atoms with Gasteiger partial charge < -0.3 is 19.7 Å². The van der Waals surface area contributed by atoms with E-state index in [0.717, 1.165) is 45.5 Å². The van der Waals surface area contributed by atoms with Crippen LogP contribution in [-0.2, 0) is 9.47 Å². The third kappa shape index (κ3) is 5.43. The zero-order valence-electron chi connectivity index (χ0n) is 14.6. The van der Waals surface area contributed by atoms with Gasteiger partial charge in [0, 0.05) is 39.4 Å². The van der Waals surface area contributed by atoms with Gasteiger partial charge in [0.25, 0.3) is 0 Å². The number of hydrogen-bond acceptors (Lipinski definition) is 4. The largest absolute Gasteiger partial charge is 0.444 e. The van der Waals surface area contributed by atoms with E-state index in [9.17, 15) is 4.79 Å². The summed E-state index contributed by atoms with van der Waals surface area (Å²) in [5.41, 5.74) is 0.0736. The number of amides is 1. The zero-order chi connectivity index (χ0) is 16.2. The lowest BCUT2D eigenvalue weighted by atomic mass is 10.00. The topological polar surface area (TPSA) is 50.8 Å². The number of nitrogens with one attached hydrogen (secondary N) is 1. The van der Waals surface area contributed by atoms with Gasteiger partial charge in [-0.25, -0.2) is 4.79 Å². The highest BCUT2D eigenvalue weighted by Gasteiger charge is 2.42. The van der Waals surface area contributed by atoms with Crippen LogP contribution in [0.3, 0.4) is 0 Å². The maximum atomic E-state index is 12.0. The molecule has 0 radical (unpaired) electrons. The summed E-state index contributed by atoms with van der Waals surface area (Å²) >= 11 is 0. The van der Waals surface area contributed by atoms with Crippen LogP contribution >= 0.6 is 0 Å². The molecule has 1 amide bonds. The summed E-state index contributed by atoms with van der Waals surface area (Å²) in [6, 6.07) is 0.527. The van der Waals surface area contributed by atoms with Crippen LogP contribution in [0.5, 0.6) is 0 Å². The molecule has 2 aliphatic rings. The smallest absolute Gasteiger partial charge is 0.410 e. The molecule has 0 bridgehead atoms. The fraction of sp³-hybridized carbons (Fsp3) is 0.941. The van der Waals surface area contributed by atoms with Crippen LogP contribution in [0.2, 0.25) is 0 Å². The van der Waals surface area contributed by atoms with Gasteiger partial charge in [0.15, 0.2) is 0 Å². The molecular weight excluding hydrogens is 280 g/mol. The van der Waals surface area contributed by atoms with Crippen LogP contribution < -0.4 is 5.32 Å². The Hall–Kier alpha value is -0.810. The van der Waals surface area contributed by atoms with Crippen LogP contribution in [0, 0.1) is 5.41 Å². The molecule has 128 valence electrons. The van der Waals surface area contributed by atoms with Gasteiger partial charge in [-0.3, -0.25) is 0 Å². The number of methoxy groups -OCH3 is 1. The van der Waals surface area contributed by atoms with Crippen molar-refractivity contribution in [3.63, 3.8) is 0 Å². The van der Waals surface area contributed by atoms with Gasteiger partial charge in [0.2, 0.25) is 0 Å². The van der Waals surface area contributed by atoms with E-state index in [1.807, 2.05) is 25.7 Å².